The van der Waals surface area contributed by atoms with Crippen molar-refractivity contribution in [2.75, 3.05) is 11.9 Å². The molecule has 1 aromatic heterocycles. The average Bonchev–Trinajstić information content (AvgIpc) is 2.85. The molecule has 0 N–H and O–H groups in total. The van der Waals surface area contributed by atoms with Gasteiger partial charge in [0.05, 0.1) is 5.69 Å². The number of carbonyl (C=O) groups excluding carboxylic acids is 2. The fourth-order valence-electron chi connectivity index (χ4n) is 2.10. The van der Waals surface area contributed by atoms with Gasteiger partial charge in [0.2, 0.25) is 0 Å². The van der Waals surface area contributed by atoms with E-state index in [4.69, 9.17) is 9.26 Å². The molecule has 1 aromatic carbocycles. The third kappa shape index (κ3) is 3.16. The predicted octanol–water partition coefficient (Wildman–Crippen LogP) is 2.50. The monoisotopic (exact) mass is 302 g/mol. The van der Waals surface area contributed by atoms with Crippen LogP contribution in [0, 0.1) is 13.8 Å². The molecule has 1 atom stereocenters. The second-order valence-electron chi connectivity index (χ2n) is 4.98. The molecule has 0 aliphatic rings. The molecule has 22 heavy (non-hydrogen) atoms. The number of carbonyl (C=O) groups is 2. The minimum Gasteiger partial charge on any atom is -0.449 e. The van der Waals surface area contributed by atoms with Crippen LogP contribution < -0.4 is 4.90 Å². The molecule has 2 aromatic rings. The molecule has 0 aliphatic carbocycles. The fraction of sp³-hybridized carbons (Fsp3) is 0.312. The first-order valence-corrected chi connectivity index (χ1v) is 6.88. The number of likely N-dealkylation sites (N-methyl/N-ethyl adjacent to an activating group) is 1. The Morgan fingerprint density at radius 2 is 1.86 bits per heavy atom. The lowest BCUT2D eigenvalue weighted by Gasteiger charge is -2.21. The maximum atomic E-state index is 12.3. The molecule has 0 radical (unpaired) electrons. The topological polar surface area (TPSA) is 72.6 Å². The van der Waals surface area contributed by atoms with Gasteiger partial charge in [0.15, 0.2) is 6.10 Å². The third-order valence-electron chi connectivity index (χ3n) is 3.34. The van der Waals surface area contributed by atoms with Crippen LogP contribution in [0.25, 0.3) is 0 Å². The molecule has 1 amide bonds. The van der Waals surface area contributed by atoms with Crippen molar-refractivity contribution in [1.29, 1.82) is 0 Å². The van der Waals surface area contributed by atoms with Gasteiger partial charge >= 0.3 is 5.97 Å². The maximum absolute atomic E-state index is 12.3. The van der Waals surface area contributed by atoms with Crippen LogP contribution in [0.1, 0.15) is 28.7 Å². The summed E-state index contributed by atoms with van der Waals surface area (Å²) in [6, 6.07) is 9.14. The lowest BCUT2D eigenvalue weighted by atomic mass is 10.2. The maximum Gasteiger partial charge on any atom is 0.344 e. The van der Waals surface area contributed by atoms with Crippen LogP contribution in [0.5, 0.6) is 0 Å². The van der Waals surface area contributed by atoms with Gasteiger partial charge in [-0.1, -0.05) is 23.4 Å². The van der Waals surface area contributed by atoms with Crippen LogP contribution >= 0.6 is 0 Å². The Hall–Kier alpha value is -2.63. The zero-order chi connectivity index (χ0) is 16.3. The molecule has 0 aliphatic heterocycles. The van der Waals surface area contributed by atoms with Crippen molar-refractivity contribution in [1.82, 2.24) is 5.16 Å². The highest BCUT2D eigenvalue weighted by atomic mass is 16.5. The number of anilines is 1. The Bertz CT molecular complexity index is 659. The zero-order valence-corrected chi connectivity index (χ0v) is 13.0. The van der Waals surface area contributed by atoms with Gasteiger partial charge in [-0.2, -0.15) is 0 Å². The molecular formula is C16H18N2O4. The van der Waals surface area contributed by atoms with Gasteiger partial charge in [-0.3, -0.25) is 4.79 Å². The number of aromatic nitrogens is 1. The van der Waals surface area contributed by atoms with Crippen molar-refractivity contribution >= 4 is 17.6 Å². The van der Waals surface area contributed by atoms with Crippen LogP contribution in [0.2, 0.25) is 0 Å². The average molecular weight is 302 g/mol. The van der Waals surface area contributed by atoms with Crippen LogP contribution in [0.15, 0.2) is 34.9 Å². The third-order valence-corrected chi connectivity index (χ3v) is 3.34. The number of nitrogens with zero attached hydrogens (tertiary/aromatic N) is 2. The normalized spacial score (nSPS) is 11.8. The number of amides is 1. The van der Waals surface area contributed by atoms with Gasteiger partial charge < -0.3 is 14.2 Å². The molecular weight excluding hydrogens is 284 g/mol. The van der Waals surface area contributed by atoms with Gasteiger partial charge in [-0.15, -0.1) is 0 Å². The van der Waals surface area contributed by atoms with E-state index < -0.39 is 12.1 Å². The summed E-state index contributed by atoms with van der Waals surface area (Å²) in [6.45, 7) is 4.81. The number of hydrogen-bond donors (Lipinski definition) is 0. The van der Waals surface area contributed by atoms with Crippen LogP contribution in [0.3, 0.4) is 0 Å². The van der Waals surface area contributed by atoms with Crippen molar-refractivity contribution in [2.24, 2.45) is 0 Å². The van der Waals surface area contributed by atoms with Crippen LogP contribution in [-0.2, 0) is 9.53 Å². The predicted molar refractivity (Wildman–Crippen MR) is 80.7 cm³/mol. The Kier molecular flexibility index (Phi) is 4.60. The molecule has 2 rings (SSSR count). The van der Waals surface area contributed by atoms with E-state index in [2.05, 4.69) is 5.16 Å². The smallest absolute Gasteiger partial charge is 0.344 e. The van der Waals surface area contributed by atoms with Gasteiger partial charge in [-0.05, 0) is 32.9 Å². The number of aryl methyl sites for hydroxylation is 2. The standard InChI is InChI=1S/C16H18N2O4/c1-10-14(11(2)22-17-10)16(20)21-12(3)15(19)18(4)13-8-6-5-7-9-13/h5-9,12H,1-4H3/t12-/m1/s1. The first-order valence-electron chi connectivity index (χ1n) is 6.88. The summed E-state index contributed by atoms with van der Waals surface area (Å²) in [6.07, 6.45) is -0.911. The SMILES string of the molecule is Cc1noc(C)c1C(=O)O[C@H](C)C(=O)N(C)c1ccccc1. The van der Waals surface area contributed by atoms with Gasteiger partial charge in [0.1, 0.15) is 11.3 Å². The lowest BCUT2D eigenvalue weighted by Crippen LogP contribution is -2.37. The first kappa shape index (κ1) is 15.8. The summed E-state index contributed by atoms with van der Waals surface area (Å²) in [5.74, 6) is -0.552. The number of benzene rings is 1. The molecule has 0 saturated heterocycles. The van der Waals surface area contributed by atoms with Gasteiger partial charge in [-0.25, -0.2) is 4.79 Å². The minimum atomic E-state index is -0.911. The minimum absolute atomic E-state index is 0.266. The van der Waals surface area contributed by atoms with Crippen LogP contribution in [0.4, 0.5) is 5.69 Å². The molecule has 0 unspecified atom stereocenters. The Balaban J connectivity index is 2.07. The first-order chi connectivity index (χ1) is 10.4. The molecule has 0 spiro atoms. The number of para-hydroxylation sites is 1. The summed E-state index contributed by atoms with van der Waals surface area (Å²) in [7, 11) is 1.64. The Morgan fingerprint density at radius 3 is 2.41 bits per heavy atom. The number of hydrogen-bond acceptors (Lipinski definition) is 5. The molecule has 6 heteroatoms. The highest BCUT2D eigenvalue weighted by Crippen LogP contribution is 2.17. The summed E-state index contributed by atoms with van der Waals surface area (Å²) < 4.78 is 10.2. The largest absolute Gasteiger partial charge is 0.449 e. The van der Waals surface area contributed by atoms with Crippen molar-refractivity contribution in [3.8, 4) is 0 Å². The molecule has 1 heterocycles. The zero-order valence-electron chi connectivity index (χ0n) is 13.0. The summed E-state index contributed by atoms with van der Waals surface area (Å²) >= 11 is 0. The number of esters is 1. The van der Waals surface area contributed by atoms with E-state index in [0.29, 0.717) is 11.5 Å². The summed E-state index contributed by atoms with van der Waals surface area (Å²) in [5.41, 5.74) is 1.44. The van der Waals surface area contributed by atoms with E-state index in [1.165, 1.54) is 11.8 Å². The number of ether oxygens (including phenoxy) is 1. The summed E-state index contributed by atoms with van der Waals surface area (Å²) in [5, 5.41) is 3.70. The molecule has 0 saturated carbocycles. The van der Waals surface area contributed by atoms with Gasteiger partial charge in [0.25, 0.3) is 5.91 Å². The molecule has 0 bridgehead atoms. The van der Waals surface area contributed by atoms with Gasteiger partial charge in [0, 0.05) is 12.7 Å². The van der Waals surface area contributed by atoms with Crippen LogP contribution in [-0.4, -0.2) is 30.2 Å². The van der Waals surface area contributed by atoms with E-state index in [0.717, 1.165) is 5.69 Å². The summed E-state index contributed by atoms with van der Waals surface area (Å²) in [4.78, 5) is 25.9. The fourth-order valence-corrected chi connectivity index (χ4v) is 2.10. The number of rotatable bonds is 4. The molecule has 0 fully saturated rings. The molecule has 116 valence electrons. The quantitative estimate of drug-likeness (QED) is 0.811. The van der Waals surface area contributed by atoms with E-state index in [1.54, 1.807) is 33.0 Å². The highest BCUT2D eigenvalue weighted by Gasteiger charge is 2.26. The van der Waals surface area contributed by atoms with E-state index in [9.17, 15) is 9.59 Å². The Morgan fingerprint density at radius 1 is 1.23 bits per heavy atom. The second kappa shape index (κ2) is 6.43. The molecule has 6 nitrogen and oxygen atoms in total. The van der Waals surface area contributed by atoms with E-state index in [-0.39, 0.29) is 11.5 Å². The lowest BCUT2D eigenvalue weighted by molar-refractivity contribution is -0.126. The van der Waals surface area contributed by atoms with Crippen molar-refractivity contribution < 1.29 is 18.8 Å². The van der Waals surface area contributed by atoms with Crippen molar-refractivity contribution in [2.45, 2.75) is 26.9 Å². The van der Waals surface area contributed by atoms with Crippen molar-refractivity contribution in [3.05, 3.63) is 47.3 Å². The second-order valence-corrected chi connectivity index (χ2v) is 4.98. The highest BCUT2D eigenvalue weighted by molar-refractivity contribution is 5.99. The van der Waals surface area contributed by atoms with Crippen molar-refractivity contribution in [3.63, 3.8) is 0 Å². The van der Waals surface area contributed by atoms with E-state index >= 15 is 0 Å². The van der Waals surface area contributed by atoms with E-state index in [1.807, 2.05) is 18.2 Å². The Labute approximate surface area is 128 Å².